The van der Waals surface area contributed by atoms with E-state index in [1.807, 2.05) is 36.4 Å². The monoisotopic (exact) mass is 664 g/mol. The molecule has 0 N–H and O–H groups in total. The lowest BCUT2D eigenvalue weighted by Crippen LogP contribution is -2.03. The number of furan rings is 1. The van der Waals surface area contributed by atoms with Crippen LogP contribution in [-0.4, -0.2) is 19.5 Å². The van der Waals surface area contributed by atoms with Gasteiger partial charge >= 0.3 is 0 Å². The van der Waals surface area contributed by atoms with Crippen molar-refractivity contribution in [1.82, 2.24) is 19.5 Å². The first-order valence-electron chi connectivity index (χ1n) is 17.5. The minimum Gasteiger partial charge on any atom is -0.456 e. The number of para-hydroxylation sites is 4. The third-order valence-electron chi connectivity index (χ3n) is 10.2. The lowest BCUT2D eigenvalue weighted by atomic mass is 9.94. The second-order valence-corrected chi connectivity index (χ2v) is 13.2. The fourth-order valence-corrected chi connectivity index (χ4v) is 7.93. The SMILES string of the molecule is c1ccc(-c2nc(-c3cccc4c3nc(-c3ccccc3)c3ccc5oc6ccccc6c5c34)cc(-n3c4ccccc4c4ccccc43)n2)cc1. The maximum atomic E-state index is 6.42. The smallest absolute Gasteiger partial charge is 0.162 e. The Labute approximate surface area is 298 Å². The molecule has 0 aliphatic rings. The molecule has 0 fully saturated rings. The van der Waals surface area contributed by atoms with Crippen LogP contribution in [0.2, 0.25) is 0 Å². The highest BCUT2D eigenvalue weighted by molar-refractivity contribution is 6.29. The molecule has 52 heavy (non-hydrogen) atoms. The molecule has 242 valence electrons. The van der Waals surface area contributed by atoms with Crippen molar-refractivity contribution in [2.45, 2.75) is 0 Å². The second kappa shape index (κ2) is 11.2. The number of hydrogen-bond acceptors (Lipinski definition) is 4. The molecule has 0 unspecified atom stereocenters. The Bertz CT molecular complexity index is 3130. The molecule has 0 saturated heterocycles. The molecule has 4 aromatic heterocycles. The van der Waals surface area contributed by atoms with Crippen molar-refractivity contribution >= 4 is 65.4 Å². The van der Waals surface area contributed by atoms with Crippen LogP contribution in [0.4, 0.5) is 0 Å². The van der Waals surface area contributed by atoms with Gasteiger partial charge in [0.15, 0.2) is 5.82 Å². The summed E-state index contributed by atoms with van der Waals surface area (Å²) in [6.45, 7) is 0. The van der Waals surface area contributed by atoms with Crippen LogP contribution in [0, 0.1) is 0 Å². The summed E-state index contributed by atoms with van der Waals surface area (Å²) in [6.07, 6.45) is 0. The minimum atomic E-state index is 0.652. The predicted molar refractivity (Wildman–Crippen MR) is 213 cm³/mol. The molecule has 7 aromatic carbocycles. The van der Waals surface area contributed by atoms with Gasteiger partial charge in [-0.2, -0.15) is 0 Å². The van der Waals surface area contributed by atoms with E-state index in [0.29, 0.717) is 5.82 Å². The van der Waals surface area contributed by atoms with Crippen LogP contribution in [-0.2, 0) is 0 Å². The van der Waals surface area contributed by atoms with Crippen LogP contribution in [0.15, 0.2) is 174 Å². The second-order valence-electron chi connectivity index (χ2n) is 13.2. The molecule has 11 aromatic rings. The molecule has 0 saturated carbocycles. The first-order chi connectivity index (χ1) is 25.8. The molecule has 11 rings (SSSR count). The Morgan fingerprint density at radius 3 is 1.81 bits per heavy atom. The number of hydrogen-bond donors (Lipinski definition) is 0. The normalized spacial score (nSPS) is 11.8. The van der Waals surface area contributed by atoms with Gasteiger partial charge in [0, 0.05) is 60.5 Å². The number of pyridine rings is 1. The molecule has 0 spiro atoms. The van der Waals surface area contributed by atoms with Gasteiger partial charge in [0.1, 0.15) is 17.0 Å². The van der Waals surface area contributed by atoms with Crippen molar-refractivity contribution in [2.75, 3.05) is 0 Å². The largest absolute Gasteiger partial charge is 0.456 e. The molecule has 0 atom stereocenters. The van der Waals surface area contributed by atoms with Crippen molar-refractivity contribution in [2.24, 2.45) is 0 Å². The van der Waals surface area contributed by atoms with E-state index in [2.05, 4.69) is 138 Å². The molecular weight excluding hydrogens is 637 g/mol. The van der Waals surface area contributed by atoms with Gasteiger partial charge in [-0.05, 0) is 30.3 Å². The highest BCUT2D eigenvalue weighted by Crippen LogP contribution is 2.43. The fraction of sp³-hybridized carbons (Fsp3) is 0. The molecule has 0 aliphatic carbocycles. The number of rotatable bonds is 4. The van der Waals surface area contributed by atoms with E-state index in [-0.39, 0.29) is 0 Å². The zero-order valence-electron chi connectivity index (χ0n) is 27.9. The highest BCUT2D eigenvalue weighted by atomic mass is 16.3. The number of nitrogens with zero attached hydrogens (tertiary/aromatic N) is 4. The zero-order chi connectivity index (χ0) is 34.2. The Morgan fingerprint density at radius 2 is 1.06 bits per heavy atom. The summed E-state index contributed by atoms with van der Waals surface area (Å²) in [7, 11) is 0. The van der Waals surface area contributed by atoms with Crippen molar-refractivity contribution < 1.29 is 4.42 Å². The van der Waals surface area contributed by atoms with Gasteiger partial charge in [-0.1, -0.05) is 133 Å². The van der Waals surface area contributed by atoms with Gasteiger partial charge in [0.25, 0.3) is 0 Å². The summed E-state index contributed by atoms with van der Waals surface area (Å²) in [5.41, 5.74) is 9.43. The Balaban J connectivity index is 1.27. The van der Waals surface area contributed by atoms with Gasteiger partial charge < -0.3 is 4.42 Å². The van der Waals surface area contributed by atoms with Crippen LogP contribution in [0.5, 0.6) is 0 Å². The van der Waals surface area contributed by atoms with E-state index in [9.17, 15) is 0 Å². The molecule has 5 heteroatoms. The molecule has 4 heterocycles. The van der Waals surface area contributed by atoms with E-state index in [0.717, 1.165) is 88.5 Å². The van der Waals surface area contributed by atoms with Crippen LogP contribution in [0.25, 0.3) is 105 Å². The topological polar surface area (TPSA) is 56.7 Å². The Kier molecular flexibility index (Phi) is 6.18. The number of aromatic nitrogens is 4. The summed E-state index contributed by atoms with van der Waals surface area (Å²) >= 11 is 0. The third kappa shape index (κ3) is 4.26. The van der Waals surface area contributed by atoms with E-state index in [1.54, 1.807) is 0 Å². The summed E-state index contributed by atoms with van der Waals surface area (Å²) in [4.78, 5) is 16.1. The van der Waals surface area contributed by atoms with Crippen molar-refractivity contribution in [3.8, 4) is 39.7 Å². The minimum absolute atomic E-state index is 0.652. The van der Waals surface area contributed by atoms with Gasteiger partial charge in [0.05, 0.1) is 27.9 Å². The Morgan fingerprint density at radius 1 is 0.423 bits per heavy atom. The van der Waals surface area contributed by atoms with E-state index in [1.165, 1.54) is 10.8 Å². The van der Waals surface area contributed by atoms with E-state index >= 15 is 0 Å². The van der Waals surface area contributed by atoms with Crippen LogP contribution in [0.1, 0.15) is 0 Å². The van der Waals surface area contributed by atoms with Crippen LogP contribution >= 0.6 is 0 Å². The van der Waals surface area contributed by atoms with E-state index < -0.39 is 0 Å². The summed E-state index contributed by atoms with van der Waals surface area (Å²) in [5.74, 6) is 1.45. The Hall–Kier alpha value is -7.11. The summed E-state index contributed by atoms with van der Waals surface area (Å²) in [6, 6.07) is 58.8. The highest BCUT2D eigenvalue weighted by Gasteiger charge is 2.21. The van der Waals surface area contributed by atoms with Crippen LogP contribution < -0.4 is 0 Å². The third-order valence-corrected chi connectivity index (χ3v) is 10.2. The summed E-state index contributed by atoms with van der Waals surface area (Å²) < 4.78 is 8.67. The maximum absolute atomic E-state index is 6.42. The van der Waals surface area contributed by atoms with E-state index in [4.69, 9.17) is 19.4 Å². The lowest BCUT2D eigenvalue weighted by molar-refractivity contribution is 0.669. The average Bonchev–Trinajstić information content (AvgIpc) is 3.77. The van der Waals surface area contributed by atoms with Crippen molar-refractivity contribution in [3.63, 3.8) is 0 Å². The molecule has 5 nitrogen and oxygen atoms in total. The fourth-order valence-electron chi connectivity index (χ4n) is 7.93. The average molecular weight is 665 g/mol. The first-order valence-corrected chi connectivity index (χ1v) is 17.5. The standard InChI is InChI=1S/C47H28N4O/c1-3-14-29(15-4-1)45-36-26-27-41-44(34-20-9-12-25-40(34)52-41)43(36)35-22-13-21-33(46(35)50-45)37-28-42(49-47(48-37)30-16-5-2-6-17-30)51-38-23-10-7-18-31(38)32-19-8-11-24-39(32)51/h1-28H. The number of benzene rings is 7. The van der Waals surface area contributed by atoms with Gasteiger partial charge in [-0.15, -0.1) is 0 Å². The van der Waals surface area contributed by atoms with Gasteiger partial charge in [0.2, 0.25) is 0 Å². The van der Waals surface area contributed by atoms with Crippen molar-refractivity contribution in [1.29, 1.82) is 0 Å². The molecule has 0 bridgehead atoms. The summed E-state index contributed by atoms with van der Waals surface area (Å²) in [5, 5.41) is 7.78. The molecule has 0 aliphatic heterocycles. The maximum Gasteiger partial charge on any atom is 0.162 e. The number of fused-ring (bicyclic) bond motifs is 10. The van der Waals surface area contributed by atoms with Crippen LogP contribution in [0.3, 0.4) is 0 Å². The first kappa shape index (κ1) is 28.7. The van der Waals surface area contributed by atoms with Gasteiger partial charge in [-0.3, -0.25) is 4.57 Å². The van der Waals surface area contributed by atoms with Crippen molar-refractivity contribution in [3.05, 3.63) is 170 Å². The molecule has 0 amide bonds. The molecular formula is C47H28N4O. The zero-order valence-corrected chi connectivity index (χ0v) is 27.9. The quantitative estimate of drug-likeness (QED) is 0.176. The molecule has 0 radical (unpaired) electrons. The van der Waals surface area contributed by atoms with Gasteiger partial charge in [-0.25, -0.2) is 15.0 Å². The predicted octanol–water partition coefficient (Wildman–Crippen LogP) is 12.2. The lowest BCUT2D eigenvalue weighted by Gasteiger charge is -2.15.